The minimum Gasteiger partial charge on any atom is -0.393 e. The van der Waals surface area contributed by atoms with E-state index < -0.39 is 0 Å². The van der Waals surface area contributed by atoms with Crippen LogP contribution in [0.2, 0.25) is 0 Å². The number of nitrogens with zero attached hydrogens (tertiary/aromatic N) is 3. The lowest BCUT2D eigenvalue weighted by Crippen LogP contribution is -2.47. The summed E-state index contributed by atoms with van der Waals surface area (Å²) < 4.78 is 0. The lowest BCUT2D eigenvalue weighted by molar-refractivity contribution is 0.0924. The summed E-state index contributed by atoms with van der Waals surface area (Å²) in [6.07, 6.45) is 6.97. The number of benzene rings is 1. The van der Waals surface area contributed by atoms with Crippen molar-refractivity contribution in [2.24, 2.45) is 16.3 Å². The van der Waals surface area contributed by atoms with Crippen molar-refractivity contribution in [1.82, 2.24) is 15.1 Å². The van der Waals surface area contributed by atoms with E-state index in [1.807, 2.05) is 7.05 Å². The highest BCUT2D eigenvalue weighted by Gasteiger charge is 2.42. The Labute approximate surface area is 169 Å². The number of hydrogen-bond acceptors (Lipinski definition) is 3. The SMILES string of the molecule is CN=C(NCC1CCCC1O)N1CCC2(CCCN(Cc3ccccc3)C2)C1. The molecule has 3 atom stereocenters. The van der Waals surface area contributed by atoms with Gasteiger partial charge in [0.1, 0.15) is 0 Å². The molecule has 2 heterocycles. The van der Waals surface area contributed by atoms with Crippen molar-refractivity contribution in [2.75, 3.05) is 39.8 Å². The van der Waals surface area contributed by atoms with Crippen LogP contribution in [0, 0.1) is 11.3 Å². The van der Waals surface area contributed by atoms with Gasteiger partial charge in [-0.1, -0.05) is 36.8 Å². The topological polar surface area (TPSA) is 51.1 Å². The molecule has 0 radical (unpaired) electrons. The number of nitrogens with one attached hydrogen (secondary N) is 1. The number of guanidine groups is 1. The smallest absolute Gasteiger partial charge is 0.193 e. The monoisotopic (exact) mass is 384 g/mol. The van der Waals surface area contributed by atoms with Crippen LogP contribution in [0.5, 0.6) is 0 Å². The van der Waals surface area contributed by atoms with E-state index in [-0.39, 0.29) is 6.10 Å². The summed E-state index contributed by atoms with van der Waals surface area (Å²) in [6.45, 7) is 6.50. The van der Waals surface area contributed by atoms with E-state index in [1.165, 1.54) is 37.9 Å². The van der Waals surface area contributed by atoms with Crippen molar-refractivity contribution < 1.29 is 5.11 Å². The minimum atomic E-state index is -0.139. The number of rotatable bonds is 4. The molecule has 28 heavy (non-hydrogen) atoms. The second-order valence-electron chi connectivity index (χ2n) is 9.16. The second-order valence-corrected chi connectivity index (χ2v) is 9.16. The van der Waals surface area contributed by atoms with Gasteiger partial charge in [0.25, 0.3) is 0 Å². The lowest BCUT2D eigenvalue weighted by Gasteiger charge is -2.40. The normalized spacial score (nSPS) is 31.6. The molecule has 3 unspecified atom stereocenters. The number of aliphatic hydroxyl groups excluding tert-OH is 1. The Morgan fingerprint density at radius 1 is 1.14 bits per heavy atom. The average molecular weight is 385 g/mol. The van der Waals surface area contributed by atoms with Crippen LogP contribution in [-0.4, -0.2) is 66.7 Å². The van der Waals surface area contributed by atoms with E-state index >= 15 is 0 Å². The fraction of sp³-hybridized carbons (Fsp3) is 0.696. The van der Waals surface area contributed by atoms with Gasteiger partial charge in [-0.05, 0) is 44.2 Å². The van der Waals surface area contributed by atoms with Gasteiger partial charge < -0.3 is 15.3 Å². The number of likely N-dealkylation sites (tertiary alicyclic amines) is 2. The third-order valence-electron chi connectivity index (χ3n) is 7.08. The zero-order valence-corrected chi connectivity index (χ0v) is 17.3. The van der Waals surface area contributed by atoms with E-state index in [1.54, 1.807) is 0 Å². The molecule has 2 N–H and O–H groups in total. The molecule has 2 saturated heterocycles. The highest BCUT2D eigenvalue weighted by Crippen LogP contribution is 2.39. The Bertz CT molecular complexity index is 664. The van der Waals surface area contributed by atoms with Gasteiger partial charge in [-0.25, -0.2) is 0 Å². The van der Waals surface area contributed by atoms with Crippen molar-refractivity contribution in [3.05, 3.63) is 35.9 Å². The Balaban J connectivity index is 1.32. The summed E-state index contributed by atoms with van der Waals surface area (Å²) in [5.74, 6) is 1.40. The van der Waals surface area contributed by atoms with Crippen LogP contribution in [0.15, 0.2) is 35.3 Å². The van der Waals surface area contributed by atoms with Crippen LogP contribution in [0.25, 0.3) is 0 Å². The van der Waals surface area contributed by atoms with Crippen LogP contribution in [0.1, 0.15) is 44.1 Å². The minimum absolute atomic E-state index is 0.139. The van der Waals surface area contributed by atoms with E-state index in [0.717, 1.165) is 51.4 Å². The summed E-state index contributed by atoms with van der Waals surface area (Å²) in [4.78, 5) is 9.66. The van der Waals surface area contributed by atoms with Gasteiger partial charge in [-0.2, -0.15) is 0 Å². The van der Waals surface area contributed by atoms with Crippen LogP contribution in [-0.2, 0) is 6.54 Å². The lowest BCUT2D eigenvalue weighted by atomic mass is 9.79. The Kier molecular flexibility index (Phi) is 6.22. The first-order chi connectivity index (χ1) is 13.7. The fourth-order valence-corrected chi connectivity index (χ4v) is 5.55. The van der Waals surface area contributed by atoms with E-state index in [4.69, 9.17) is 0 Å². The first kappa shape index (κ1) is 19.7. The molecule has 154 valence electrons. The van der Waals surface area contributed by atoms with Gasteiger partial charge in [0, 0.05) is 51.1 Å². The summed E-state index contributed by atoms with van der Waals surface area (Å²) in [5, 5.41) is 13.6. The molecule has 0 amide bonds. The number of hydrogen-bond donors (Lipinski definition) is 2. The van der Waals surface area contributed by atoms with Gasteiger partial charge in [-0.15, -0.1) is 0 Å². The molecule has 3 fully saturated rings. The Morgan fingerprint density at radius 3 is 2.75 bits per heavy atom. The average Bonchev–Trinajstić information content (AvgIpc) is 3.30. The summed E-state index contributed by atoms with van der Waals surface area (Å²) >= 11 is 0. The first-order valence-electron chi connectivity index (χ1n) is 11.1. The standard InChI is InChI=1S/C23H36N4O/c1-24-22(25-15-20-9-5-10-21(20)28)27-14-12-23(18-27)11-6-13-26(17-23)16-19-7-3-2-4-8-19/h2-4,7-8,20-21,28H,5-6,9-18H2,1H3,(H,24,25). The molecule has 0 bridgehead atoms. The maximum atomic E-state index is 10.1. The van der Waals surface area contributed by atoms with Crippen LogP contribution >= 0.6 is 0 Å². The molecule has 1 saturated carbocycles. The van der Waals surface area contributed by atoms with E-state index in [0.29, 0.717) is 11.3 Å². The molecule has 5 heteroatoms. The number of piperidine rings is 1. The first-order valence-corrected chi connectivity index (χ1v) is 11.1. The molecule has 5 nitrogen and oxygen atoms in total. The zero-order chi connectivity index (χ0) is 19.4. The highest BCUT2D eigenvalue weighted by molar-refractivity contribution is 5.80. The quantitative estimate of drug-likeness (QED) is 0.619. The molecule has 3 aliphatic rings. The van der Waals surface area contributed by atoms with Crippen molar-refractivity contribution in [3.63, 3.8) is 0 Å². The Hall–Kier alpha value is -1.59. The predicted octanol–water partition coefficient (Wildman–Crippen LogP) is 2.71. The third kappa shape index (κ3) is 4.52. The fourth-order valence-electron chi connectivity index (χ4n) is 5.55. The van der Waals surface area contributed by atoms with Crippen LogP contribution in [0.3, 0.4) is 0 Å². The van der Waals surface area contributed by atoms with Crippen molar-refractivity contribution in [2.45, 2.75) is 51.2 Å². The van der Waals surface area contributed by atoms with E-state index in [2.05, 4.69) is 50.4 Å². The summed E-state index contributed by atoms with van der Waals surface area (Å²) in [6, 6.07) is 10.9. The zero-order valence-electron chi connectivity index (χ0n) is 17.3. The molecule has 0 aromatic heterocycles. The van der Waals surface area contributed by atoms with Gasteiger partial charge in [0.15, 0.2) is 5.96 Å². The number of aliphatic hydroxyl groups is 1. The molecular weight excluding hydrogens is 348 g/mol. The second kappa shape index (κ2) is 8.83. The molecule has 4 rings (SSSR count). The molecule has 1 aliphatic carbocycles. The van der Waals surface area contributed by atoms with Gasteiger partial charge >= 0.3 is 0 Å². The molecule has 2 aliphatic heterocycles. The van der Waals surface area contributed by atoms with E-state index in [9.17, 15) is 5.11 Å². The van der Waals surface area contributed by atoms with Gasteiger partial charge in [-0.3, -0.25) is 9.89 Å². The summed E-state index contributed by atoms with van der Waals surface area (Å²) in [5.41, 5.74) is 1.82. The third-order valence-corrected chi connectivity index (χ3v) is 7.08. The number of aliphatic imine (C=N–C) groups is 1. The largest absolute Gasteiger partial charge is 0.393 e. The van der Waals surface area contributed by atoms with Crippen LogP contribution in [0.4, 0.5) is 0 Å². The molecule has 1 spiro atoms. The van der Waals surface area contributed by atoms with Crippen molar-refractivity contribution in [1.29, 1.82) is 0 Å². The highest BCUT2D eigenvalue weighted by atomic mass is 16.3. The molecule has 1 aromatic carbocycles. The molecular formula is C23H36N4O. The van der Waals surface area contributed by atoms with Gasteiger partial charge in [0.05, 0.1) is 6.10 Å². The van der Waals surface area contributed by atoms with Gasteiger partial charge in [0.2, 0.25) is 0 Å². The van der Waals surface area contributed by atoms with Crippen molar-refractivity contribution >= 4 is 5.96 Å². The predicted molar refractivity (Wildman–Crippen MR) is 114 cm³/mol. The summed E-state index contributed by atoms with van der Waals surface area (Å²) in [7, 11) is 1.89. The Morgan fingerprint density at radius 2 is 2.00 bits per heavy atom. The maximum Gasteiger partial charge on any atom is 0.193 e. The molecule has 1 aromatic rings. The van der Waals surface area contributed by atoms with Crippen molar-refractivity contribution in [3.8, 4) is 0 Å². The van der Waals surface area contributed by atoms with Crippen LogP contribution < -0.4 is 5.32 Å². The maximum absolute atomic E-state index is 10.1.